The SMILES string of the molecule is Cc1ccc(CC(=O)NC(CO)c2cc(F)c(F)c(F)c2)cc1O. The lowest BCUT2D eigenvalue weighted by molar-refractivity contribution is -0.121. The van der Waals surface area contributed by atoms with Gasteiger partial charge in [-0.05, 0) is 41.8 Å². The number of phenolic OH excluding ortho intramolecular Hbond substituents is 1. The Kier molecular flexibility index (Phi) is 5.46. The van der Waals surface area contributed by atoms with E-state index in [0.29, 0.717) is 11.1 Å². The summed E-state index contributed by atoms with van der Waals surface area (Å²) in [5.74, 6) is -4.90. The number of nitrogens with one attached hydrogen (secondary N) is 1. The van der Waals surface area contributed by atoms with Crippen molar-refractivity contribution in [2.75, 3.05) is 6.61 Å². The number of carbonyl (C=O) groups excluding carboxylic acids is 1. The van der Waals surface area contributed by atoms with Crippen molar-refractivity contribution in [3.8, 4) is 5.75 Å². The van der Waals surface area contributed by atoms with Crippen LogP contribution in [0.4, 0.5) is 13.2 Å². The zero-order valence-electron chi connectivity index (χ0n) is 12.8. The number of carbonyl (C=O) groups is 1. The van der Waals surface area contributed by atoms with Crippen molar-refractivity contribution in [3.05, 3.63) is 64.5 Å². The van der Waals surface area contributed by atoms with E-state index in [1.807, 2.05) is 0 Å². The maximum atomic E-state index is 13.3. The van der Waals surface area contributed by atoms with Gasteiger partial charge in [-0.3, -0.25) is 4.79 Å². The Labute approximate surface area is 136 Å². The largest absolute Gasteiger partial charge is 0.508 e. The first-order valence-corrected chi connectivity index (χ1v) is 7.15. The van der Waals surface area contributed by atoms with E-state index in [2.05, 4.69) is 5.32 Å². The molecule has 7 heteroatoms. The highest BCUT2D eigenvalue weighted by Crippen LogP contribution is 2.20. The van der Waals surface area contributed by atoms with Crippen LogP contribution in [0.15, 0.2) is 30.3 Å². The van der Waals surface area contributed by atoms with Crippen molar-refractivity contribution in [2.45, 2.75) is 19.4 Å². The summed E-state index contributed by atoms with van der Waals surface area (Å²) in [4.78, 5) is 12.0. The van der Waals surface area contributed by atoms with Gasteiger partial charge in [0.15, 0.2) is 17.5 Å². The predicted octanol–water partition coefficient (Wildman–Crippen LogP) is 2.51. The molecule has 0 bridgehead atoms. The first kappa shape index (κ1) is 17.8. The molecule has 2 rings (SSSR count). The van der Waals surface area contributed by atoms with Gasteiger partial charge in [0.2, 0.25) is 5.91 Å². The zero-order valence-corrected chi connectivity index (χ0v) is 12.8. The highest BCUT2D eigenvalue weighted by molar-refractivity contribution is 5.79. The van der Waals surface area contributed by atoms with Gasteiger partial charge in [-0.15, -0.1) is 0 Å². The van der Waals surface area contributed by atoms with Crippen molar-refractivity contribution < 1.29 is 28.2 Å². The lowest BCUT2D eigenvalue weighted by atomic mass is 10.1. The molecule has 0 aliphatic carbocycles. The third-order valence-corrected chi connectivity index (χ3v) is 3.56. The van der Waals surface area contributed by atoms with Gasteiger partial charge < -0.3 is 15.5 Å². The molecule has 3 N–H and O–H groups in total. The Morgan fingerprint density at radius 2 is 1.79 bits per heavy atom. The molecular formula is C17H16F3NO3. The molecule has 0 aliphatic heterocycles. The molecule has 1 unspecified atom stereocenters. The van der Waals surface area contributed by atoms with Gasteiger partial charge in [0.25, 0.3) is 0 Å². The van der Waals surface area contributed by atoms with Crippen LogP contribution in [0.1, 0.15) is 22.7 Å². The number of aliphatic hydroxyl groups excluding tert-OH is 1. The number of aryl methyl sites for hydroxylation is 1. The maximum absolute atomic E-state index is 13.3. The Hall–Kier alpha value is -2.54. The van der Waals surface area contributed by atoms with Crippen molar-refractivity contribution in [1.82, 2.24) is 5.32 Å². The summed E-state index contributed by atoms with van der Waals surface area (Å²) in [6.45, 7) is 1.09. The minimum atomic E-state index is -1.61. The summed E-state index contributed by atoms with van der Waals surface area (Å²) in [5, 5.41) is 21.4. The van der Waals surface area contributed by atoms with E-state index in [1.165, 1.54) is 6.07 Å². The average Bonchev–Trinajstić information content (AvgIpc) is 2.53. The van der Waals surface area contributed by atoms with Crippen LogP contribution in [0, 0.1) is 24.4 Å². The fourth-order valence-electron chi connectivity index (χ4n) is 2.21. The lowest BCUT2D eigenvalue weighted by Gasteiger charge is -2.17. The Balaban J connectivity index is 2.12. The number of hydrogen-bond donors (Lipinski definition) is 3. The molecule has 0 radical (unpaired) electrons. The van der Waals surface area contributed by atoms with Crippen LogP contribution in [-0.4, -0.2) is 22.7 Å². The van der Waals surface area contributed by atoms with Crippen LogP contribution in [-0.2, 0) is 11.2 Å². The number of amides is 1. The molecule has 0 aromatic heterocycles. The van der Waals surface area contributed by atoms with E-state index in [0.717, 1.165) is 12.1 Å². The number of rotatable bonds is 5. The highest BCUT2D eigenvalue weighted by atomic mass is 19.2. The Morgan fingerprint density at radius 3 is 2.33 bits per heavy atom. The van der Waals surface area contributed by atoms with E-state index in [-0.39, 0.29) is 17.7 Å². The van der Waals surface area contributed by atoms with Gasteiger partial charge in [0.1, 0.15) is 5.75 Å². The van der Waals surface area contributed by atoms with Crippen LogP contribution in [0.2, 0.25) is 0 Å². The number of aliphatic hydroxyl groups is 1. The van der Waals surface area contributed by atoms with Crippen LogP contribution < -0.4 is 5.32 Å². The normalized spacial score (nSPS) is 12.0. The Bertz CT molecular complexity index is 742. The standard InChI is InChI=1S/C17H16F3NO3/c1-9-2-3-10(4-15(9)23)5-16(24)21-14(8-22)11-6-12(18)17(20)13(19)7-11/h2-4,6-7,14,22-23H,5,8H2,1H3,(H,21,24). The van der Waals surface area contributed by atoms with Crippen molar-refractivity contribution in [2.24, 2.45) is 0 Å². The third kappa shape index (κ3) is 4.05. The summed E-state index contributed by atoms with van der Waals surface area (Å²) in [5.41, 5.74) is 1.10. The highest BCUT2D eigenvalue weighted by Gasteiger charge is 2.19. The first-order valence-electron chi connectivity index (χ1n) is 7.15. The van der Waals surface area contributed by atoms with E-state index in [9.17, 15) is 28.2 Å². The maximum Gasteiger partial charge on any atom is 0.224 e. The van der Waals surface area contributed by atoms with Crippen LogP contribution in [0.3, 0.4) is 0 Å². The fourth-order valence-corrected chi connectivity index (χ4v) is 2.21. The molecule has 2 aromatic carbocycles. The summed E-state index contributed by atoms with van der Waals surface area (Å²) in [6, 6.07) is 5.09. The zero-order chi connectivity index (χ0) is 17.9. The topological polar surface area (TPSA) is 69.6 Å². The van der Waals surface area contributed by atoms with Gasteiger partial charge in [0, 0.05) is 0 Å². The number of halogens is 3. The fraction of sp³-hybridized carbons (Fsp3) is 0.235. The van der Waals surface area contributed by atoms with Crippen LogP contribution >= 0.6 is 0 Å². The quantitative estimate of drug-likeness (QED) is 0.733. The molecule has 2 aromatic rings. The van der Waals surface area contributed by atoms with E-state index < -0.39 is 36.0 Å². The average molecular weight is 339 g/mol. The van der Waals surface area contributed by atoms with Crippen molar-refractivity contribution in [1.29, 1.82) is 0 Å². The lowest BCUT2D eigenvalue weighted by Crippen LogP contribution is -2.32. The molecule has 24 heavy (non-hydrogen) atoms. The number of aromatic hydroxyl groups is 1. The van der Waals surface area contributed by atoms with E-state index in [1.54, 1.807) is 19.1 Å². The number of hydrogen-bond acceptors (Lipinski definition) is 3. The number of phenols is 1. The second-order valence-corrected chi connectivity index (χ2v) is 5.40. The van der Waals surface area contributed by atoms with Crippen molar-refractivity contribution in [3.63, 3.8) is 0 Å². The molecule has 1 atom stereocenters. The summed E-state index contributed by atoms with van der Waals surface area (Å²) in [7, 11) is 0. The second kappa shape index (κ2) is 7.35. The molecule has 0 aliphatic rings. The summed E-state index contributed by atoms with van der Waals surface area (Å²) in [6.07, 6.45) is -0.101. The van der Waals surface area contributed by atoms with Gasteiger partial charge >= 0.3 is 0 Å². The van der Waals surface area contributed by atoms with E-state index >= 15 is 0 Å². The van der Waals surface area contributed by atoms with Gasteiger partial charge in [-0.2, -0.15) is 0 Å². The first-order chi connectivity index (χ1) is 11.3. The summed E-state index contributed by atoms with van der Waals surface area (Å²) < 4.78 is 39.5. The third-order valence-electron chi connectivity index (χ3n) is 3.56. The van der Waals surface area contributed by atoms with Crippen molar-refractivity contribution >= 4 is 5.91 Å². The second-order valence-electron chi connectivity index (χ2n) is 5.40. The minimum absolute atomic E-state index is 0.0432. The Morgan fingerprint density at radius 1 is 1.17 bits per heavy atom. The molecule has 4 nitrogen and oxygen atoms in total. The number of benzene rings is 2. The van der Waals surface area contributed by atoms with Gasteiger partial charge in [-0.25, -0.2) is 13.2 Å². The molecule has 0 spiro atoms. The predicted molar refractivity (Wildman–Crippen MR) is 80.8 cm³/mol. The summed E-state index contributed by atoms with van der Waals surface area (Å²) >= 11 is 0. The molecule has 0 saturated carbocycles. The molecule has 0 saturated heterocycles. The minimum Gasteiger partial charge on any atom is -0.508 e. The van der Waals surface area contributed by atoms with Crippen LogP contribution in [0.25, 0.3) is 0 Å². The molecular weight excluding hydrogens is 323 g/mol. The molecule has 1 amide bonds. The van der Waals surface area contributed by atoms with Gasteiger partial charge in [-0.1, -0.05) is 12.1 Å². The van der Waals surface area contributed by atoms with E-state index in [4.69, 9.17) is 0 Å². The molecule has 0 heterocycles. The van der Waals surface area contributed by atoms with Gasteiger partial charge in [0.05, 0.1) is 19.1 Å². The molecule has 0 fully saturated rings. The van der Waals surface area contributed by atoms with Crippen LogP contribution in [0.5, 0.6) is 5.75 Å². The molecule has 128 valence electrons. The smallest absolute Gasteiger partial charge is 0.224 e. The monoisotopic (exact) mass is 339 g/mol.